The summed E-state index contributed by atoms with van der Waals surface area (Å²) in [6.45, 7) is 0. The SMILES string of the molecule is c1ccc(N(c2ccc3ccccc3c2)c2nc(-c3cccc4oc5cc6ccccc6cc5c34)c3ccccc3n2)cc1. The molecule has 0 spiro atoms. The lowest BCUT2D eigenvalue weighted by molar-refractivity contribution is 0.669. The van der Waals surface area contributed by atoms with Gasteiger partial charge >= 0.3 is 0 Å². The van der Waals surface area contributed by atoms with Gasteiger partial charge in [-0.3, -0.25) is 4.90 Å². The van der Waals surface area contributed by atoms with E-state index >= 15 is 0 Å². The lowest BCUT2D eigenvalue weighted by atomic mass is 9.99. The van der Waals surface area contributed by atoms with Crippen LogP contribution in [-0.2, 0) is 0 Å². The minimum absolute atomic E-state index is 0.607. The Morgan fingerprint density at radius 3 is 2.00 bits per heavy atom. The van der Waals surface area contributed by atoms with Crippen LogP contribution in [-0.4, -0.2) is 9.97 Å². The van der Waals surface area contributed by atoms with Gasteiger partial charge in [0, 0.05) is 33.1 Å². The smallest absolute Gasteiger partial charge is 0.235 e. The fraction of sp³-hybridized carbons (Fsp3) is 0. The summed E-state index contributed by atoms with van der Waals surface area (Å²) in [6.07, 6.45) is 0. The van der Waals surface area contributed by atoms with E-state index in [1.165, 1.54) is 10.8 Å². The zero-order valence-electron chi connectivity index (χ0n) is 23.7. The fourth-order valence-electron chi connectivity index (χ4n) is 6.35. The van der Waals surface area contributed by atoms with Gasteiger partial charge in [-0.1, -0.05) is 103 Å². The maximum Gasteiger partial charge on any atom is 0.235 e. The van der Waals surface area contributed by atoms with E-state index in [9.17, 15) is 0 Å². The lowest BCUT2D eigenvalue weighted by Gasteiger charge is -2.24. The van der Waals surface area contributed by atoms with Crippen molar-refractivity contribution >= 4 is 71.7 Å². The predicted octanol–water partition coefficient (Wildman–Crippen LogP) is 11.0. The average molecular weight is 564 g/mol. The van der Waals surface area contributed by atoms with Gasteiger partial charge in [0.2, 0.25) is 5.95 Å². The van der Waals surface area contributed by atoms with Crippen LogP contribution in [0.15, 0.2) is 156 Å². The third-order valence-electron chi connectivity index (χ3n) is 8.42. The quantitative estimate of drug-likeness (QED) is 0.214. The molecule has 44 heavy (non-hydrogen) atoms. The molecule has 9 rings (SSSR count). The van der Waals surface area contributed by atoms with E-state index in [4.69, 9.17) is 14.4 Å². The van der Waals surface area contributed by atoms with Gasteiger partial charge in [0.25, 0.3) is 0 Å². The Bertz CT molecular complexity index is 2520. The number of aromatic nitrogens is 2. The van der Waals surface area contributed by atoms with Gasteiger partial charge in [-0.2, -0.15) is 0 Å². The largest absolute Gasteiger partial charge is 0.456 e. The van der Waals surface area contributed by atoms with Crippen LogP contribution in [0.5, 0.6) is 0 Å². The van der Waals surface area contributed by atoms with E-state index in [1.54, 1.807) is 0 Å². The van der Waals surface area contributed by atoms with Crippen molar-refractivity contribution in [3.05, 3.63) is 152 Å². The van der Waals surface area contributed by atoms with E-state index in [1.807, 2.05) is 36.4 Å². The van der Waals surface area contributed by atoms with Crippen LogP contribution in [0.2, 0.25) is 0 Å². The predicted molar refractivity (Wildman–Crippen MR) is 182 cm³/mol. The lowest BCUT2D eigenvalue weighted by Crippen LogP contribution is -2.14. The highest BCUT2D eigenvalue weighted by Gasteiger charge is 2.21. The molecule has 0 fully saturated rings. The molecule has 0 saturated carbocycles. The third kappa shape index (κ3) is 3.92. The van der Waals surface area contributed by atoms with Crippen molar-refractivity contribution in [2.45, 2.75) is 0 Å². The molecular formula is C40H25N3O. The molecule has 0 amide bonds. The van der Waals surface area contributed by atoms with Gasteiger partial charge in [0.05, 0.1) is 11.2 Å². The zero-order chi connectivity index (χ0) is 29.0. The molecule has 0 radical (unpaired) electrons. The van der Waals surface area contributed by atoms with Crippen LogP contribution in [0.4, 0.5) is 17.3 Å². The number of anilines is 3. The van der Waals surface area contributed by atoms with Gasteiger partial charge in [-0.05, 0) is 70.1 Å². The first-order valence-corrected chi connectivity index (χ1v) is 14.8. The second-order valence-electron chi connectivity index (χ2n) is 11.1. The molecule has 0 aliphatic carbocycles. The van der Waals surface area contributed by atoms with Crippen LogP contribution in [0.25, 0.3) is 65.6 Å². The van der Waals surface area contributed by atoms with Crippen LogP contribution >= 0.6 is 0 Å². The number of benzene rings is 7. The number of nitrogens with zero attached hydrogens (tertiary/aromatic N) is 3. The Kier molecular flexibility index (Phi) is 5.47. The maximum atomic E-state index is 6.44. The molecule has 206 valence electrons. The van der Waals surface area contributed by atoms with Gasteiger partial charge in [-0.15, -0.1) is 0 Å². The first-order chi connectivity index (χ1) is 21.8. The van der Waals surface area contributed by atoms with Crippen LogP contribution in [0.3, 0.4) is 0 Å². The molecule has 0 saturated heterocycles. The Morgan fingerprint density at radius 1 is 0.455 bits per heavy atom. The number of hydrogen-bond donors (Lipinski definition) is 0. The maximum absolute atomic E-state index is 6.44. The average Bonchev–Trinajstić information content (AvgIpc) is 3.45. The second kappa shape index (κ2) is 9.79. The minimum Gasteiger partial charge on any atom is -0.456 e. The standard InChI is InChI=1S/C40H25N3O/c1-2-15-30(16-3-1)43(31-22-21-26-11-4-5-12-27(26)23-31)40-41-35-19-9-8-17-32(35)39(42-40)33-18-10-20-36-38(33)34-24-28-13-6-7-14-29(28)25-37(34)44-36/h1-25H. The Hall–Kier alpha value is -6.00. The summed E-state index contributed by atoms with van der Waals surface area (Å²) < 4.78 is 6.44. The highest BCUT2D eigenvalue weighted by atomic mass is 16.3. The molecule has 4 heteroatoms. The molecule has 2 heterocycles. The molecule has 7 aromatic carbocycles. The van der Waals surface area contributed by atoms with Gasteiger partial charge in [-0.25, -0.2) is 9.97 Å². The summed E-state index contributed by atoms with van der Waals surface area (Å²) in [4.78, 5) is 12.7. The summed E-state index contributed by atoms with van der Waals surface area (Å²) in [5.74, 6) is 0.607. The van der Waals surface area contributed by atoms with Crippen molar-refractivity contribution in [2.75, 3.05) is 4.90 Å². The second-order valence-corrected chi connectivity index (χ2v) is 11.1. The number of hydrogen-bond acceptors (Lipinski definition) is 4. The van der Waals surface area contributed by atoms with Crippen molar-refractivity contribution in [3.63, 3.8) is 0 Å². The zero-order valence-corrected chi connectivity index (χ0v) is 23.7. The Labute approximate surface area is 253 Å². The molecule has 0 aliphatic heterocycles. The third-order valence-corrected chi connectivity index (χ3v) is 8.42. The van der Waals surface area contributed by atoms with Crippen LogP contribution in [0, 0.1) is 0 Å². The summed E-state index contributed by atoms with van der Waals surface area (Å²) in [5, 5.41) is 7.81. The number of para-hydroxylation sites is 2. The normalized spacial score (nSPS) is 11.6. The molecule has 0 unspecified atom stereocenters. The molecule has 9 aromatic rings. The minimum atomic E-state index is 0.607. The highest BCUT2D eigenvalue weighted by Crippen LogP contribution is 2.42. The van der Waals surface area contributed by atoms with Crippen molar-refractivity contribution in [1.82, 2.24) is 9.97 Å². The number of fused-ring (bicyclic) bond motifs is 6. The van der Waals surface area contributed by atoms with Crippen molar-refractivity contribution in [3.8, 4) is 11.3 Å². The number of rotatable bonds is 4. The summed E-state index contributed by atoms with van der Waals surface area (Å²) in [6, 6.07) is 52.5. The Balaban J connectivity index is 1.34. The molecule has 0 atom stereocenters. The molecule has 0 bridgehead atoms. The van der Waals surface area contributed by atoms with Crippen LogP contribution < -0.4 is 4.90 Å². The molecule has 0 N–H and O–H groups in total. The van der Waals surface area contributed by atoms with Crippen LogP contribution in [0.1, 0.15) is 0 Å². The van der Waals surface area contributed by atoms with E-state index in [-0.39, 0.29) is 0 Å². The van der Waals surface area contributed by atoms with Gasteiger partial charge in [0.1, 0.15) is 11.2 Å². The monoisotopic (exact) mass is 563 g/mol. The van der Waals surface area contributed by atoms with E-state index < -0.39 is 0 Å². The molecule has 0 aliphatic rings. The van der Waals surface area contributed by atoms with E-state index in [2.05, 4.69) is 120 Å². The molecule has 2 aromatic heterocycles. The summed E-state index contributed by atoms with van der Waals surface area (Å²) >= 11 is 0. The van der Waals surface area contributed by atoms with Crippen molar-refractivity contribution in [1.29, 1.82) is 0 Å². The van der Waals surface area contributed by atoms with E-state index in [0.29, 0.717) is 5.95 Å². The van der Waals surface area contributed by atoms with Crippen molar-refractivity contribution < 1.29 is 4.42 Å². The summed E-state index contributed by atoms with van der Waals surface area (Å²) in [5.41, 5.74) is 6.46. The topological polar surface area (TPSA) is 42.2 Å². The highest BCUT2D eigenvalue weighted by molar-refractivity contribution is 6.17. The van der Waals surface area contributed by atoms with Gasteiger partial charge in [0.15, 0.2) is 0 Å². The van der Waals surface area contributed by atoms with Crippen molar-refractivity contribution in [2.24, 2.45) is 0 Å². The van der Waals surface area contributed by atoms with Gasteiger partial charge < -0.3 is 4.42 Å². The summed E-state index contributed by atoms with van der Waals surface area (Å²) in [7, 11) is 0. The molecular weight excluding hydrogens is 538 g/mol. The number of furan rings is 1. The molecule has 4 nitrogen and oxygen atoms in total. The first kappa shape index (κ1) is 24.6. The fourth-order valence-corrected chi connectivity index (χ4v) is 6.35. The Morgan fingerprint density at radius 2 is 1.16 bits per heavy atom. The first-order valence-electron chi connectivity index (χ1n) is 14.8. The van der Waals surface area contributed by atoms with E-state index in [0.717, 1.165) is 66.2 Å².